The first-order valence-electron chi connectivity index (χ1n) is 7.78. The standard InChI is InChI=1S/C17H27N3O3/c1-6-23-11-13-9-7-8-10-14(13)19-16(22)18-12(2)15(21)20-17(3,4)5/h7-10,12H,6,11H2,1-5H3,(H,20,21)(H2,18,19,22)/t12-/m0/s1. The van der Waals surface area contributed by atoms with Crippen LogP contribution in [0.5, 0.6) is 0 Å². The third-order valence-corrected chi connectivity index (χ3v) is 2.97. The van der Waals surface area contributed by atoms with Gasteiger partial charge in [-0.1, -0.05) is 18.2 Å². The van der Waals surface area contributed by atoms with Crippen LogP contribution in [0.1, 0.15) is 40.2 Å². The van der Waals surface area contributed by atoms with E-state index in [-0.39, 0.29) is 11.4 Å². The monoisotopic (exact) mass is 321 g/mol. The zero-order valence-electron chi connectivity index (χ0n) is 14.5. The molecule has 0 saturated carbocycles. The molecule has 0 aromatic heterocycles. The van der Waals surface area contributed by atoms with Crippen LogP contribution in [0.25, 0.3) is 0 Å². The van der Waals surface area contributed by atoms with Gasteiger partial charge in [-0.2, -0.15) is 0 Å². The van der Waals surface area contributed by atoms with Crippen LogP contribution in [0, 0.1) is 0 Å². The predicted octanol–water partition coefficient (Wildman–Crippen LogP) is 2.65. The molecule has 0 aliphatic rings. The van der Waals surface area contributed by atoms with Crippen LogP contribution in [0.4, 0.5) is 10.5 Å². The summed E-state index contributed by atoms with van der Waals surface area (Å²) in [7, 11) is 0. The highest BCUT2D eigenvalue weighted by Gasteiger charge is 2.20. The third-order valence-electron chi connectivity index (χ3n) is 2.97. The third kappa shape index (κ3) is 7.15. The fraction of sp³-hybridized carbons (Fsp3) is 0.529. The van der Waals surface area contributed by atoms with E-state index in [0.29, 0.717) is 18.9 Å². The molecule has 0 heterocycles. The number of hydrogen-bond donors (Lipinski definition) is 3. The zero-order chi connectivity index (χ0) is 17.5. The van der Waals surface area contributed by atoms with Gasteiger partial charge in [-0.15, -0.1) is 0 Å². The summed E-state index contributed by atoms with van der Waals surface area (Å²) >= 11 is 0. The van der Waals surface area contributed by atoms with E-state index in [1.165, 1.54) is 0 Å². The molecular formula is C17H27N3O3. The number of ether oxygens (including phenoxy) is 1. The van der Waals surface area contributed by atoms with E-state index < -0.39 is 12.1 Å². The van der Waals surface area contributed by atoms with E-state index in [1.54, 1.807) is 13.0 Å². The average Bonchev–Trinajstić information content (AvgIpc) is 2.44. The largest absolute Gasteiger partial charge is 0.377 e. The lowest BCUT2D eigenvalue weighted by molar-refractivity contribution is -0.123. The van der Waals surface area contributed by atoms with Crippen molar-refractivity contribution in [3.05, 3.63) is 29.8 Å². The van der Waals surface area contributed by atoms with Crippen molar-refractivity contribution < 1.29 is 14.3 Å². The molecule has 23 heavy (non-hydrogen) atoms. The maximum atomic E-state index is 12.1. The summed E-state index contributed by atoms with van der Waals surface area (Å²) in [5.74, 6) is -0.227. The molecule has 0 radical (unpaired) electrons. The lowest BCUT2D eigenvalue weighted by Gasteiger charge is -2.23. The van der Waals surface area contributed by atoms with Gasteiger partial charge in [-0.25, -0.2) is 4.79 Å². The quantitative estimate of drug-likeness (QED) is 0.753. The number of carbonyl (C=O) groups excluding carboxylic acids is 2. The summed E-state index contributed by atoms with van der Waals surface area (Å²) in [5, 5.41) is 8.22. The molecule has 0 bridgehead atoms. The molecule has 0 fully saturated rings. The van der Waals surface area contributed by atoms with Crippen LogP contribution in [0.15, 0.2) is 24.3 Å². The molecule has 1 aromatic rings. The van der Waals surface area contributed by atoms with Crippen molar-refractivity contribution in [1.29, 1.82) is 0 Å². The molecule has 128 valence electrons. The van der Waals surface area contributed by atoms with Gasteiger partial charge in [0.1, 0.15) is 6.04 Å². The predicted molar refractivity (Wildman–Crippen MR) is 91.3 cm³/mol. The van der Waals surface area contributed by atoms with Crippen molar-refractivity contribution in [3.63, 3.8) is 0 Å². The summed E-state index contributed by atoms with van der Waals surface area (Å²) in [6.45, 7) is 10.3. The second-order valence-electron chi connectivity index (χ2n) is 6.35. The number of urea groups is 1. The number of carbonyl (C=O) groups is 2. The number of hydrogen-bond acceptors (Lipinski definition) is 3. The Morgan fingerprint density at radius 1 is 1.22 bits per heavy atom. The second kappa shape index (κ2) is 8.53. The summed E-state index contributed by atoms with van der Waals surface area (Å²) in [6, 6.07) is 6.35. The molecule has 0 saturated heterocycles. The molecule has 0 spiro atoms. The molecular weight excluding hydrogens is 294 g/mol. The van der Waals surface area contributed by atoms with Gasteiger partial charge < -0.3 is 20.7 Å². The van der Waals surface area contributed by atoms with Crippen LogP contribution < -0.4 is 16.0 Å². The fourth-order valence-corrected chi connectivity index (χ4v) is 1.88. The van der Waals surface area contributed by atoms with Crippen LogP contribution in [-0.4, -0.2) is 30.1 Å². The van der Waals surface area contributed by atoms with Crippen LogP contribution in [-0.2, 0) is 16.1 Å². The molecule has 1 aromatic carbocycles. The smallest absolute Gasteiger partial charge is 0.319 e. The van der Waals surface area contributed by atoms with Crippen LogP contribution >= 0.6 is 0 Å². The molecule has 3 N–H and O–H groups in total. The van der Waals surface area contributed by atoms with Crippen LogP contribution in [0.3, 0.4) is 0 Å². The Kier molecular flexibility index (Phi) is 7.03. The Bertz CT molecular complexity index is 538. The first-order chi connectivity index (χ1) is 10.7. The van der Waals surface area contributed by atoms with E-state index in [1.807, 2.05) is 45.9 Å². The fourth-order valence-electron chi connectivity index (χ4n) is 1.88. The topological polar surface area (TPSA) is 79.5 Å². The minimum Gasteiger partial charge on any atom is -0.377 e. The van der Waals surface area contributed by atoms with Crippen LogP contribution in [0.2, 0.25) is 0 Å². The zero-order valence-corrected chi connectivity index (χ0v) is 14.5. The highest BCUT2D eigenvalue weighted by atomic mass is 16.5. The van der Waals surface area contributed by atoms with E-state index in [0.717, 1.165) is 5.56 Å². The first kappa shape index (κ1) is 19.0. The number of amides is 3. The Morgan fingerprint density at radius 3 is 2.48 bits per heavy atom. The molecule has 6 nitrogen and oxygen atoms in total. The molecule has 0 aliphatic carbocycles. The van der Waals surface area contributed by atoms with Crippen molar-refractivity contribution in [2.75, 3.05) is 11.9 Å². The van der Waals surface area contributed by atoms with Gasteiger partial charge >= 0.3 is 6.03 Å². The Labute approximate surface area is 138 Å². The number of anilines is 1. The number of nitrogens with one attached hydrogen (secondary N) is 3. The highest BCUT2D eigenvalue weighted by molar-refractivity contribution is 5.94. The normalized spacial score (nSPS) is 12.4. The molecule has 6 heteroatoms. The minimum absolute atomic E-state index is 0.227. The van der Waals surface area contributed by atoms with Crippen molar-refractivity contribution in [1.82, 2.24) is 10.6 Å². The van der Waals surface area contributed by atoms with E-state index >= 15 is 0 Å². The summed E-state index contributed by atoms with van der Waals surface area (Å²) in [4.78, 5) is 24.1. The average molecular weight is 321 g/mol. The van der Waals surface area contributed by atoms with Gasteiger partial charge in [0.25, 0.3) is 0 Å². The summed E-state index contributed by atoms with van der Waals surface area (Å²) in [6.07, 6.45) is 0. The van der Waals surface area contributed by atoms with Gasteiger partial charge in [-0.3, -0.25) is 4.79 Å². The highest BCUT2D eigenvalue weighted by Crippen LogP contribution is 2.16. The Hall–Kier alpha value is -2.08. The number of benzene rings is 1. The Balaban J connectivity index is 2.61. The maximum Gasteiger partial charge on any atom is 0.319 e. The van der Waals surface area contributed by atoms with Crippen molar-refractivity contribution in [3.8, 4) is 0 Å². The van der Waals surface area contributed by atoms with E-state index in [9.17, 15) is 9.59 Å². The maximum absolute atomic E-state index is 12.1. The SMILES string of the molecule is CCOCc1ccccc1NC(=O)N[C@@H](C)C(=O)NC(C)(C)C. The molecule has 1 atom stereocenters. The van der Waals surface area contributed by atoms with Gasteiger partial charge in [0.15, 0.2) is 0 Å². The van der Waals surface area contributed by atoms with Crippen molar-refractivity contribution in [2.24, 2.45) is 0 Å². The molecule has 0 unspecified atom stereocenters. The minimum atomic E-state index is -0.631. The molecule has 1 rings (SSSR count). The lowest BCUT2D eigenvalue weighted by Crippen LogP contribution is -2.51. The van der Waals surface area contributed by atoms with E-state index in [2.05, 4.69) is 16.0 Å². The second-order valence-corrected chi connectivity index (χ2v) is 6.35. The number of rotatable bonds is 6. The summed E-state index contributed by atoms with van der Waals surface area (Å²) < 4.78 is 5.38. The van der Waals surface area contributed by atoms with Crippen molar-refractivity contribution >= 4 is 17.6 Å². The lowest BCUT2D eigenvalue weighted by atomic mass is 10.1. The van der Waals surface area contributed by atoms with E-state index in [4.69, 9.17) is 4.74 Å². The molecule has 0 aliphatic heterocycles. The Morgan fingerprint density at radius 2 is 1.87 bits per heavy atom. The first-order valence-corrected chi connectivity index (χ1v) is 7.78. The molecule has 3 amide bonds. The van der Waals surface area contributed by atoms with Gasteiger partial charge in [0, 0.05) is 23.4 Å². The van der Waals surface area contributed by atoms with Gasteiger partial charge in [-0.05, 0) is 40.7 Å². The van der Waals surface area contributed by atoms with Crippen molar-refractivity contribution in [2.45, 2.75) is 52.8 Å². The van der Waals surface area contributed by atoms with Gasteiger partial charge in [0.05, 0.1) is 6.61 Å². The van der Waals surface area contributed by atoms with Gasteiger partial charge in [0.2, 0.25) is 5.91 Å². The summed E-state index contributed by atoms with van der Waals surface area (Å²) in [5.41, 5.74) is 1.21. The number of para-hydroxylation sites is 1.